The van der Waals surface area contributed by atoms with E-state index in [9.17, 15) is 18.3 Å². The lowest BCUT2D eigenvalue weighted by molar-refractivity contribution is -0.0328. The number of halogens is 3. The second-order valence-corrected chi connectivity index (χ2v) is 5.07. The summed E-state index contributed by atoms with van der Waals surface area (Å²) in [7, 11) is 1.72. The molecule has 1 unspecified atom stereocenters. The van der Waals surface area contributed by atoms with E-state index >= 15 is 0 Å². The van der Waals surface area contributed by atoms with Gasteiger partial charge < -0.3 is 5.11 Å². The van der Waals surface area contributed by atoms with Crippen molar-refractivity contribution in [2.24, 2.45) is 7.05 Å². The third-order valence-electron chi connectivity index (χ3n) is 2.44. The fraction of sp³-hybridized carbons (Fsp3) is 0.250. The number of alkyl halides is 3. The highest BCUT2D eigenvalue weighted by molar-refractivity contribution is 8.00. The second kappa shape index (κ2) is 5.26. The van der Waals surface area contributed by atoms with E-state index in [-0.39, 0.29) is 16.7 Å². The molecule has 1 aromatic carbocycles. The van der Waals surface area contributed by atoms with Crippen LogP contribution in [0.25, 0.3) is 0 Å². The summed E-state index contributed by atoms with van der Waals surface area (Å²) in [6.45, 7) is 0. The molecule has 1 heterocycles. The highest BCUT2D eigenvalue weighted by Gasteiger charge is 2.29. The molecule has 0 fully saturated rings. The molecule has 19 heavy (non-hydrogen) atoms. The molecule has 0 aliphatic rings. The third kappa shape index (κ3) is 3.74. The molecule has 0 radical (unpaired) electrons. The summed E-state index contributed by atoms with van der Waals surface area (Å²) in [6, 6.07) is 7.25. The van der Waals surface area contributed by atoms with Gasteiger partial charge in [0.15, 0.2) is 0 Å². The highest BCUT2D eigenvalue weighted by atomic mass is 32.2. The van der Waals surface area contributed by atoms with Crippen molar-refractivity contribution in [3.8, 4) is 0 Å². The van der Waals surface area contributed by atoms with Crippen LogP contribution in [-0.2, 0) is 7.05 Å². The van der Waals surface area contributed by atoms with Crippen molar-refractivity contribution in [2.75, 3.05) is 0 Å². The highest BCUT2D eigenvalue weighted by Crippen LogP contribution is 2.37. The standard InChI is InChI=1S/C12H11F3N2OS/c1-17-7-6-10(16-17)11(18)8-2-4-9(5-3-8)19-12(13,14)15/h2-7,11,18H,1H3. The Balaban J connectivity index is 2.14. The summed E-state index contributed by atoms with van der Waals surface area (Å²) in [5.74, 6) is 0. The number of rotatable bonds is 3. The van der Waals surface area contributed by atoms with Gasteiger partial charge in [-0.2, -0.15) is 18.3 Å². The number of thioether (sulfide) groups is 1. The summed E-state index contributed by atoms with van der Waals surface area (Å²) >= 11 is -0.180. The average molecular weight is 288 g/mol. The van der Waals surface area contributed by atoms with Crippen molar-refractivity contribution < 1.29 is 18.3 Å². The molecule has 0 amide bonds. The van der Waals surface area contributed by atoms with E-state index in [0.717, 1.165) is 0 Å². The predicted molar refractivity (Wildman–Crippen MR) is 65.6 cm³/mol. The number of aliphatic hydroxyl groups excluding tert-OH is 1. The van der Waals surface area contributed by atoms with Crippen LogP contribution < -0.4 is 0 Å². The minimum absolute atomic E-state index is 0.0875. The average Bonchev–Trinajstić information content (AvgIpc) is 2.74. The van der Waals surface area contributed by atoms with Crippen LogP contribution in [0.2, 0.25) is 0 Å². The van der Waals surface area contributed by atoms with E-state index in [0.29, 0.717) is 11.3 Å². The summed E-state index contributed by atoms with van der Waals surface area (Å²) < 4.78 is 38.1. The molecule has 102 valence electrons. The lowest BCUT2D eigenvalue weighted by Crippen LogP contribution is -2.02. The first-order valence-electron chi connectivity index (χ1n) is 5.38. The van der Waals surface area contributed by atoms with E-state index in [1.165, 1.54) is 24.3 Å². The van der Waals surface area contributed by atoms with Gasteiger partial charge in [-0.25, -0.2) is 0 Å². The van der Waals surface area contributed by atoms with E-state index in [4.69, 9.17) is 0 Å². The molecule has 0 bridgehead atoms. The van der Waals surface area contributed by atoms with Crippen molar-refractivity contribution in [3.63, 3.8) is 0 Å². The van der Waals surface area contributed by atoms with E-state index in [2.05, 4.69) is 5.10 Å². The third-order valence-corrected chi connectivity index (χ3v) is 3.18. The quantitative estimate of drug-likeness (QED) is 0.882. The van der Waals surface area contributed by atoms with Crippen molar-refractivity contribution >= 4 is 11.8 Å². The normalized spacial score (nSPS) is 13.5. The molecule has 1 aromatic heterocycles. The van der Waals surface area contributed by atoms with Gasteiger partial charge in [-0.15, -0.1) is 0 Å². The number of aryl methyl sites for hydroxylation is 1. The molecule has 0 saturated heterocycles. The largest absolute Gasteiger partial charge is 0.446 e. The second-order valence-electron chi connectivity index (χ2n) is 3.93. The molecule has 1 N–H and O–H groups in total. The van der Waals surface area contributed by atoms with Gasteiger partial charge in [0, 0.05) is 18.1 Å². The Morgan fingerprint density at radius 2 is 1.84 bits per heavy atom. The van der Waals surface area contributed by atoms with Gasteiger partial charge in [0.1, 0.15) is 6.10 Å². The maximum Gasteiger partial charge on any atom is 0.446 e. The fourth-order valence-electron chi connectivity index (χ4n) is 1.60. The lowest BCUT2D eigenvalue weighted by atomic mass is 10.1. The Labute approximate surface area is 112 Å². The molecule has 0 aliphatic heterocycles. The molecular weight excluding hydrogens is 277 g/mol. The van der Waals surface area contributed by atoms with Crippen LogP contribution in [0.5, 0.6) is 0 Å². The minimum Gasteiger partial charge on any atom is -0.382 e. The van der Waals surface area contributed by atoms with Crippen molar-refractivity contribution in [1.82, 2.24) is 9.78 Å². The molecule has 7 heteroatoms. The van der Waals surface area contributed by atoms with Gasteiger partial charge in [-0.05, 0) is 35.5 Å². The number of nitrogens with zero attached hydrogens (tertiary/aromatic N) is 2. The molecule has 0 aliphatic carbocycles. The van der Waals surface area contributed by atoms with Crippen LogP contribution >= 0.6 is 11.8 Å². The van der Waals surface area contributed by atoms with Crippen molar-refractivity contribution in [3.05, 3.63) is 47.8 Å². The van der Waals surface area contributed by atoms with Crippen LogP contribution in [0.1, 0.15) is 17.4 Å². The number of aromatic nitrogens is 2. The van der Waals surface area contributed by atoms with Gasteiger partial charge in [0.05, 0.1) is 5.69 Å². The molecule has 2 aromatic rings. The summed E-state index contributed by atoms with van der Waals surface area (Å²) in [6.07, 6.45) is 0.748. The van der Waals surface area contributed by atoms with E-state index in [1.807, 2.05) is 0 Å². The van der Waals surface area contributed by atoms with Crippen LogP contribution in [-0.4, -0.2) is 20.4 Å². The zero-order chi connectivity index (χ0) is 14.0. The molecule has 0 saturated carbocycles. The van der Waals surface area contributed by atoms with Gasteiger partial charge >= 0.3 is 5.51 Å². The predicted octanol–water partition coefficient (Wildman–Crippen LogP) is 3.11. The number of benzene rings is 1. The lowest BCUT2D eigenvalue weighted by Gasteiger charge is -2.10. The van der Waals surface area contributed by atoms with Crippen LogP contribution in [0.4, 0.5) is 13.2 Å². The molecule has 3 nitrogen and oxygen atoms in total. The zero-order valence-electron chi connectivity index (χ0n) is 9.93. The molecule has 1 atom stereocenters. The maximum atomic E-state index is 12.2. The van der Waals surface area contributed by atoms with Crippen LogP contribution in [0.15, 0.2) is 41.4 Å². The zero-order valence-corrected chi connectivity index (χ0v) is 10.7. The smallest absolute Gasteiger partial charge is 0.382 e. The van der Waals surface area contributed by atoms with Gasteiger partial charge in [-0.1, -0.05) is 12.1 Å². The summed E-state index contributed by atoms with van der Waals surface area (Å²) in [5.41, 5.74) is -3.34. The Hall–Kier alpha value is -1.47. The summed E-state index contributed by atoms with van der Waals surface area (Å²) in [4.78, 5) is 0.0875. The Morgan fingerprint density at radius 3 is 2.32 bits per heavy atom. The monoisotopic (exact) mass is 288 g/mol. The molecule has 2 rings (SSSR count). The number of hydrogen-bond acceptors (Lipinski definition) is 3. The fourth-order valence-corrected chi connectivity index (χ4v) is 2.14. The first-order valence-corrected chi connectivity index (χ1v) is 6.20. The Bertz CT molecular complexity index is 551. The molecule has 0 spiro atoms. The maximum absolute atomic E-state index is 12.2. The Morgan fingerprint density at radius 1 is 1.21 bits per heavy atom. The van der Waals surface area contributed by atoms with E-state index in [1.54, 1.807) is 24.0 Å². The van der Waals surface area contributed by atoms with Crippen molar-refractivity contribution in [1.29, 1.82) is 0 Å². The number of aliphatic hydroxyl groups is 1. The minimum atomic E-state index is -4.30. The first kappa shape index (κ1) is 14.0. The SMILES string of the molecule is Cn1ccc(C(O)c2ccc(SC(F)(F)F)cc2)n1. The first-order chi connectivity index (χ1) is 8.85. The molecular formula is C12H11F3N2OS. The van der Waals surface area contributed by atoms with Crippen LogP contribution in [0, 0.1) is 0 Å². The Kier molecular flexibility index (Phi) is 3.86. The van der Waals surface area contributed by atoms with Gasteiger partial charge in [0.25, 0.3) is 0 Å². The summed E-state index contributed by atoms with van der Waals surface area (Å²) in [5, 5.41) is 14.1. The number of hydrogen-bond donors (Lipinski definition) is 1. The van der Waals surface area contributed by atoms with Crippen molar-refractivity contribution in [2.45, 2.75) is 16.5 Å². The van der Waals surface area contributed by atoms with Gasteiger partial charge in [-0.3, -0.25) is 4.68 Å². The van der Waals surface area contributed by atoms with E-state index < -0.39 is 11.6 Å². The van der Waals surface area contributed by atoms with Gasteiger partial charge in [0.2, 0.25) is 0 Å². The topological polar surface area (TPSA) is 38.0 Å². The van der Waals surface area contributed by atoms with Crippen LogP contribution in [0.3, 0.4) is 0 Å².